The van der Waals surface area contributed by atoms with E-state index in [2.05, 4.69) is 56.6 Å². The van der Waals surface area contributed by atoms with Gasteiger partial charge in [0.05, 0.1) is 30.1 Å². The van der Waals surface area contributed by atoms with E-state index in [1.807, 2.05) is 25.4 Å². The summed E-state index contributed by atoms with van der Waals surface area (Å²) in [5.74, 6) is 0.650. The maximum absolute atomic E-state index is 13.7. The highest BCUT2D eigenvalue weighted by Gasteiger charge is 2.36. The lowest BCUT2D eigenvalue weighted by Crippen LogP contribution is -2.30. The summed E-state index contributed by atoms with van der Waals surface area (Å²) in [5.41, 5.74) is 4.60. The van der Waals surface area contributed by atoms with Crippen LogP contribution in [0.4, 0.5) is 0 Å². The molecule has 1 fully saturated rings. The zero-order valence-corrected chi connectivity index (χ0v) is 29.5. The van der Waals surface area contributed by atoms with Crippen molar-refractivity contribution in [2.24, 2.45) is 24.3 Å². The molecule has 1 atom stereocenters. The maximum atomic E-state index is 13.7. The number of aryl methyl sites for hydroxylation is 1. The van der Waals surface area contributed by atoms with Crippen molar-refractivity contribution in [3.05, 3.63) is 65.2 Å². The monoisotopic (exact) mass is 659 g/mol. The van der Waals surface area contributed by atoms with E-state index in [1.165, 1.54) is 7.11 Å². The van der Waals surface area contributed by atoms with Crippen LogP contribution in [0.2, 0.25) is 5.02 Å². The summed E-state index contributed by atoms with van der Waals surface area (Å²) in [6, 6.07) is 4.21. The number of nitrogens with zero attached hydrogens (tertiary/aromatic N) is 7. The Hall–Kier alpha value is -3.92. The Morgan fingerprint density at radius 2 is 1.62 bits per heavy atom. The first-order valence-electron chi connectivity index (χ1n) is 16.3. The van der Waals surface area contributed by atoms with Crippen molar-refractivity contribution in [2.45, 2.75) is 85.0 Å². The van der Waals surface area contributed by atoms with Crippen LogP contribution in [0.5, 0.6) is 6.01 Å². The largest absolute Gasteiger partial charge is 0.467 e. The number of aromatic nitrogens is 7. The Morgan fingerprint density at radius 3 is 2.17 bits per heavy atom. The number of esters is 1. The van der Waals surface area contributed by atoms with Gasteiger partial charge < -0.3 is 9.47 Å². The van der Waals surface area contributed by atoms with E-state index < -0.39 is 5.92 Å². The van der Waals surface area contributed by atoms with Gasteiger partial charge in [0.25, 0.3) is 0 Å². The molecule has 5 rings (SSSR count). The van der Waals surface area contributed by atoms with E-state index >= 15 is 0 Å². The van der Waals surface area contributed by atoms with Crippen LogP contribution in [0.25, 0.3) is 22.5 Å². The van der Waals surface area contributed by atoms with Crippen LogP contribution in [0.15, 0.2) is 43.1 Å². The molecule has 0 radical (unpaired) electrons. The Morgan fingerprint density at radius 1 is 0.936 bits per heavy atom. The number of carbonyl (C=O) groups excluding carboxylic acids is 1. The smallest absolute Gasteiger partial charge is 0.316 e. The summed E-state index contributed by atoms with van der Waals surface area (Å²) in [4.78, 5) is 36.7. The van der Waals surface area contributed by atoms with Gasteiger partial charge in [-0.15, -0.1) is 0 Å². The SMILES string of the molecule is COc1ncc(-c2ccc(C(C(=O)OCC(C)(C)C)C3CCC(Cc4ncc(C(C)(C)C)c(-c5nn(C)cc5Cl)n4)CC3)nc2)cn1. The fraction of sp³-hybridized carbons (Fsp3) is 0.528. The highest BCUT2D eigenvalue weighted by atomic mass is 35.5. The zero-order chi connectivity index (χ0) is 33.9. The van der Waals surface area contributed by atoms with Gasteiger partial charge in [0.15, 0.2) is 0 Å². The van der Waals surface area contributed by atoms with E-state index in [9.17, 15) is 4.79 Å². The predicted molar refractivity (Wildman–Crippen MR) is 182 cm³/mol. The fourth-order valence-corrected chi connectivity index (χ4v) is 6.38. The van der Waals surface area contributed by atoms with Crippen molar-refractivity contribution >= 4 is 17.6 Å². The van der Waals surface area contributed by atoms with Crippen LogP contribution in [0.1, 0.15) is 90.2 Å². The molecule has 0 aliphatic heterocycles. The van der Waals surface area contributed by atoms with Gasteiger partial charge in [-0.2, -0.15) is 5.10 Å². The Balaban J connectivity index is 1.32. The fourth-order valence-electron chi connectivity index (χ4n) is 6.11. The molecule has 4 heterocycles. The third-order valence-electron chi connectivity index (χ3n) is 8.64. The first kappa shape index (κ1) is 34.4. The molecule has 0 spiro atoms. The number of halogens is 1. The molecule has 1 unspecified atom stereocenters. The Labute approximate surface area is 282 Å². The zero-order valence-electron chi connectivity index (χ0n) is 28.7. The molecule has 0 saturated heterocycles. The molecule has 1 saturated carbocycles. The molecule has 250 valence electrons. The minimum absolute atomic E-state index is 0.119. The average Bonchev–Trinajstić information content (AvgIpc) is 3.37. The minimum Gasteiger partial charge on any atom is -0.467 e. The lowest BCUT2D eigenvalue weighted by Gasteiger charge is -2.33. The molecule has 0 bridgehead atoms. The number of rotatable bonds is 9. The van der Waals surface area contributed by atoms with Crippen molar-refractivity contribution in [3.63, 3.8) is 0 Å². The molecular weight excluding hydrogens is 614 g/mol. The average molecular weight is 660 g/mol. The molecular formula is C36H46ClN7O3. The first-order valence-corrected chi connectivity index (χ1v) is 16.6. The quantitative estimate of drug-likeness (QED) is 0.169. The molecule has 4 aromatic rings. The molecule has 0 amide bonds. The standard InChI is InChI=1S/C36H46ClN7O3/c1-35(2,3)21-47-33(45)30(28-14-13-24(16-38-28)25-17-40-34(46-8)41-18-25)23-11-9-22(10-12-23)15-29-39-19-26(36(4,5)6)31(42-29)32-27(37)20-44(7)43-32/h13-14,16-20,22-23,30H,9-12,15,21H2,1-8H3. The van der Waals surface area contributed by atoms with Gasteiger partial charge in [-0.25, -0.2) is 19.9 Å². The third-order valence-corrected chi connectivity index (χ3v) is 8.92. The maximum Gasteiger partial charge on any atom is 0.316 e. The molecule has 4 aromatic heterocycles. The van der Waals surface area contributed by atoms with Crippen LogP contribution < -0.4 is 4.74 Å². The van der Waals surface area contributed by atoms with Gasteiger partial charge in [0.1, 0.15) is 17.4 Å². The van der Waals surface area contributed by atoms with E-state index in [1.54, 1.807) is 29.5 Å². The van der Waals surface area contributed by atoms with E-state index in [0.717, 1.165) is 66.0 Å². The number of pyridine rings is 1. The minimum atomic E-state index is -0.445. The lowest BCUT2D eigenvalue weighted by molar-refractivity contribution is -0.150. The molecule has 10 nitrogen and oxygen atoms in total. The molecule has 47 heavy (non-hydrogen) atoms. The predicted octanol–water partition coefficient (Wildman–Crippen LogP) is 7.41. The summed E-state index contributed by atoms with van der Waals surface area (Å²) in [5, 5.41) is 5.19. The number of methoxy groups -OCH3 is 1. The summed E-state index contributed by atoms with van der Waals surface area (Å²) in [7, 11) is 3.39. The second-order valence-corrected chi connectivity index (χ2v) is 15.3. The molecule has 1 aliphatic carbocycles. The van der Waals surface area contributed by atoms with Crippen molar-refractivity contribution in [1.29, 1.82) is 0 Å². The second-order valence-electron chi connectivity index (χ2n) is 14.9. The molecule has 11 heteroatoms. The van der Waals surface area contributed by atoms with Crippen molar-refractivity contribution in [2.75, 3.05) is 13.7 Å². The van der Waals surface area contributed by atoms with Crippen molar-refractivity contribution in [3.8, 4) is 28.5 Å². The van der Waals surface area contributed by atoms with Crippen LogP contribution in [0, 0.1) is 17.3 Å². The summed E-state index contributed by atoms with van der Waals surface area (Å²) in [6.45, 7) is 13.0. The van der Waals surface area contributed by atoms with Crippen LogP contribution in [0.3, 0.4) is 0 Å². The summed E-state index contributed by atoms with van der Waals surface area (Å²) < 4.78 is 12.7. The van der Waals surface area contributed by atoms with E-state index in [0.29, 0.717) is 29.3 Å². The Bertz CT molecular complexity index is 1670. The van der Waals surface area contributed by atoms with Gasteiger partial charge in [0.2, 0.25) is 0 Å². The number of ether oxygens (including phenoxy) is 2. The molecule has 0 N–H and O–H groups in total. The third kappa shape index (κ3) is 8.52. The normalized spacial score (nSPS) is 17.7. The van der Waals surface area contributed by atoms with E-state index in [-0.39, 0.29) is 22.7 Å². The number of hydrogen-bond donors (Lipinski definition) is 0. The second kappa shape index (κ2) is 14.1. The van der Waals surface area contributed by atoms with Crippen molar-refractivity contribution in [1.82, 2.24) is 34.7 Å². The highest BCUT2D eigenvalue weighted by Crippen LogP contribution is 2.41. The molecule has 1 aliphatic rings. The molecule has 0 aromatic carbocycles. The lowest BCUT2D eigenvalue weighted by atomic mass is 9.73. The number of hydrogen-bond acceptors (Lipinski definition) is 9. The van der Waals surface area contributed by atoms with Crippen molar-refractivity contribution < 1.29 is 14.3 Å². The Kier molecular flexibility index (Phi) is 10.3. The number of carbonyl (C=O) groups is 1. The topological polar surface area (TPSA) is 118 Å². The van der Waals surface area contributed by atoms with Gasteiger partial charge in [0, 0.05) is 61.1 Å². The van der Waals surface area contributed by atoms with Gasteiger partial charge in [-0.05, 0) is 54.4 Å². The van der Waals surface area contributed by atoms with Gasteiger partial charge in [-0.1, -0.05) is 59.2 Å². The van der Waals surface area contributed by atoms with Gasteiger partial charge >= 0.3 is 12.0 Å². The van der Waals surface area contributed by atoms with Crippen LogP contribution in [-0.2, 0) is 28.4 Å². The summed E-state index contributed by atoms with van der Waals surface area (Å²) in [6.07, 6.45) is 13.3. The van der Waals surface area contributed by atoms with Gasteiger partial charge in [-0.3, -0.25) is 14.5 Å². The summed E-state index contributed by atoms with van der Waals surface area (Å²) >= 11 is 6.57. The first-order chi connectivity index (χ1) is 22.2. The van der Waals surface area contributed by atoms with Crippen LogP contribution >= 0.6 is 11.6 Å². The highest BCUT2D eigenvalue weighted by molar-refractivity contribution is 6.32. The van der Waals surface area contributed by atoms with Crippen LogP contribution in [-0.4, -0.2) is 54.4 Å². The van der Waals surface area contributed by atoms with E-state index in [4.69, 9.17) is 36.0 Å².